The Morgan fingerprint density at radius 1 is 0.889 bits per heavy atom. The summed E-state index contributed by atoms with van der Waals surface area (Å²) in [6.45, 7) is 0. The second kappa shape index (κ2) is 10.3. The zero-order valence-corrected chi connectivity index (χ0v) is 9.40. The van der Waals surface area contributed by atoms with Crippen LogP contribution in [0.3, 0.4) is 0 Å². The SMILES string of the molecule is NC(=O)NC(N)=O.O=C([O-])C(O)C(O)C(=O)[O-].[Cu+2]. The van der Waals surface area contributed by atoms with E-state index < -0.39 is 36.2 Å². The van der Waals surface area contributed by atoms with Gasteiger partial charge in [0, 0.05) is 0 Å². The number of primary amides is 2. The van der Waals surface area contributed by atoms with Crippen molar-refractivity contribution < 1.29 is 56.7 Å². The van der Waals surface area contributed by atoms with E-state index in [9.17, 15) is 29.4 Å². The molecule has 0 saturated heterocycles. The van der Waals surface area contributed by atoms with Gasteiger partial charge in [0.1, 0.15) is 12.2 Å². The van der Waals surface area contributed by atoms with Gasteiger partial charge in [-0.15, -0.1) is 0 Å². The van der Waals surface area contributed by atoms with Crippen LogP contribution in [0.2, 0.25) is 0 Å². The van der Waals surface area contributed by atoms with E-state index >= 15 is 0 Å². The summed E-state index contributed by atoms with van der Waals surface area (Å²) in [4.78, 5) is 38.5. The number of aliphatic hydroxyl groups is 2. The van der Waals surface area contributed by atoms with Gasteiger partial charge < -0.3 is 41.5 Å². The van der Waals surface area contributed by atoms with Gasteiger partial charge in [0.25, 0.3) is 0 Å². The number of nitrogens with one attached hydrogen (secondary N) is 1. The Hall–Kier alpha value is -1.88. The maximum atomic E-state index is 9.63. The van der Waals surface area contributed by atoms with Crippen molar-refractivity contribution >= 4 is 24.0 Å². The van der Waals surface area contributed by atoms with E-state index in [1.807, 2.05) is 0 Å². The standard InChI is InChI=1S/C4H6O6.C2H5N3O2.Cu/c5-1(3(7)8)2(6)4(9)10;3-1(6)5-2(4)7;/h1-2,5-6H,(H,7,8)(H,9,10);(H5,3,4,5,6,7);/q;;+2/p-2. The monoisotopic (exact) mass is 314 g/mol. The van der Waals surface area contributed by atoms with Gasteiger partial charge in [-0.2, -0.15) is 0 Å². The molecule has 0 aliphatic heterocycles. The molecule has 107 valence electrons. The van der Waals surface area contributed by atoms with E-state index in [1.165, 1.54) is 0 Å². The molecule has 0 bridgehead atoms. The number of carbonyl (C=O) groups is 4. The Morgan fingerprint density at radius 3 is 1.17 bits per heavy atom. The molecule has 0 aromatic heterocycles. The third-order valence-electron chi connectivity index (χ3n) is 1.03. The fourth-order valence-electron chi connectivity index (χ4n) is 0.379. The van der Waals surface area contributed by atoms with Crippen molar-refractivity contribution in [1.29, 1.82) is 0 Å². The molecule has 0 aliphatic rings. The Bertz CT molecular complexity index is 292. The van der Waals surface area contributed by atoms with Gasteiger partial charge in [0.05, 0.1) is 11.9 Å². The predicted molar refractivity (Wildman–Crippen MR) is 44.3 cm³/mol. The van der Waals surface area contributed by atoms with Crippen LogP contribution < -0.4 is 27.0 Å². The molecule has 7 N–H and O–H groups in total. The summed E-state index contributed by atoms with van der Waals surface area (Å²) in [5.41, 5.74) is 8.88. The van der Waals surface area contributed by atoms with Crippen LogP contribution in [0.4, 0.5) is 9.59 Å². The van der Waals surface area contributed by atoms with Crippen molar-refractivity contribution in [3.63, 3.8) is 0 Å². The maximum absolute atomic E-state index is 9.63. The van der Waals surface area contributed by atoms with Crippen LogP contribution in [0, 0.1) is 0 Å². The Morgan fingerprint density at radius 2 is 1.11 bits per heavy atom. The van der Waals surface area contributed by atoms with Gasteiger partial charge in [0.2, 0.25) is 0 Å². The van der Waals surface area contributed by atoms with Crippen molar-refractivity contribution in [2.45, 2.75) is 12.2 Å². The zero-order chi connectivity index (χ0) is 14.2. The van der Waals surface area contributed by atoms with E-state index in [4.69, 9.17) is 10.2 Å². The molecule has 0 aliphatic carbocycles. The molecule has 0 aromatic rings. The molecule has 1 radical (unpaired) electrons. The first-order chi connectivity index (χ1) is 7.59. The van der Waals surface area contributed by atoms with Crippen LogP contribution in [0.15, 0.2) is 0 Å². The number of amides is 4. The Kier molecular flexibility index (Phi) is 12.2. The molecular formula is C6H9CuN3O8. The minimum atomic E-state index is -2.44. The summed E-state index contributed by atoms with van der Waals surface area (Å²) < 4.78 is 0. The third kappa shape index (κ3) is 12.2. The van der Waals surface area contributed by atoms with Crippen LogP contribution in [0.1, 0.15) is 0 Å². The first-order valence-electron chi connectivity index (χ1n) is 3.73. The number of nitrogens with two attached hydrogens (primary N) is 2. The summed E-state index contributed by atoms with van der Waals surface area (Å²) in [5, 5.41) is 37.3. The number of carboxylic acids is 2. The summed E-state index contributed by atoms with van der Waals surface area (Å²) in [7, 11) is 0. The maximum Gasteiger partial charge on any atom is 2.00 e. The van der Waals surface area contributed by atoms with E-state index in [1.54, 1.807) is 5.32 Å². The van der Waals surface area contributed by atoms with Crippen LogP contribution in [0.5, 0.6) is 0 Å². The first-order valence-corrected chi connectivity index (χ1v) is 3.73. The van der Waals surface area contributed by atoms with Crippen molar-refractivity contribution in [1.82, 2.24) is 5.32 Å². The van der Waals surface area contributed by atoms with Gasteiger partial charge in [0.15, 0.2) is 0 Å². The minimum Gasteiger partial charge on any atom is -0.547 e. The zero-order valence-electron chi connectivity index (χ0n) is 8.45. The van der Waals surface area contributed by atoms with E-state index in [2.05, 4.69) is 11.5 Å². The number of carboxylic acid groups (broad SMARTS) is 2. The molecule has 2 atom stereocenters. The minimum absolute atomic E-state index is 0. The van der Waals surface area contributed by atoms with Gasteiger partial charge in [-0.1, -0.05) is 0 Å². The van der Waals surface area contributed by atoms with Crippen molar-refractivity contribution in [2.75, 3.05) is 0 Å². The van der Waals surface area contributed by atoms with Gasteiger partial charge in [-0.25, -0.2) is 9.59 Å². The molecule has 4 amide bonds. The second-order valence-corrected chi connectivity index (χ2v) is 2.38. The van der Waals surface area contributed by atoms with Gasteiger partial charge >= 0.3 is 29.1 Å². The molecule has 0 spiro atoms. The van der Waals surface area contributed by atoms with E-state index in [-0.39, 0.29) is 17.1 Å². The summed E-state index contributed by atoms with van der Waals surface area (Å²) in [6.07, 6.45) is -4.88. The van der Waals surface area contributed by atoms with Gasteiger partial charge in [-0.05, 0) is 0 Å². The molecule has 0 saturated carbocycles. The number of carbonyl (C=O) groups excluding carboxylic acids is 4. The van der Waals surface area contributed by atoms with Crippen LogP contribution in [-0.4, -0.2) is 46.4 Å². The molecule has 0 rings (SSSR count). The number of hydrogen-bond acceptors (Lipinski definition) is 8. The molecule has 18 heavy (non-hydrogen) atoms. The molecule has 0 fully saturated rings. The van der Waals surface area contributed by atoms with Gasteiger partial charge in [-0.3, -0.25) is 5.32 Å². The number of hydrogen-bond donors (Lipinski definition) is 5. The Balaban J connectivity index is -0.000000251. The molecule has 12 heteroatoms. The normalized spacial score (nSPS) is 11.7. The summed E-state index contributed by atoms with van der Waals surface area (Å²) >= 11 is 0. The van der Waals surface area contributed by atoms with Crippen molar-refractivity contribution in [3.05, 3.63) is 0 Å². The number of imide groups is 1. The van der Waals surface area contributed by atoms with Crippen LogP contribution >= 0.6 is 0 Å². The van der Waals surface area contributed by atoms with E-state index in [0.717, 1.165) is 0 Å². The smallest absolute Gasteiger partial charge is 0.547 e. The fraction of sp³-hybridized carbons (Fsp3) is 0.333. The molecule has 11 nitrogen and oxygen atoms in total. The second-order valence-electron chi connectivity index (χ2n) is 2.38. The number of aliphatic carboxylic acids is 2. The molecule has 0 heterocycles. The largest absolute Gasteiger partial charge is 2.00 e. The number of rotatable bonds is 3. The molecular weight excluding hydrogens is 306 g/mol. The van der Waals surface area contributed by atoms with E-state index in [0.29, 0.717) is 0 Å². The quantitative estimate of drug-likeness (QED) is 0.314. The Labute approximate surface area is 110 Å². The predicted octanol–water partition coefficient (Wildman–Crippen LogP) is -6.06. The number of aliphatic hydroxyl groups excluding tert-OH is 2. The molecule has 0 aromatic carbocycles. The van der Waals surface area contributed by atoms with Crippen molar-refractivity contribution in [3.8, 4) is 0 Å². The fourth-order valence-corrected chi connectivity index (χ4v) is 0.379. The van der Waals surface area contributed by atoms with Crippen LogP contribution in [-0.2, 0) is 26.7 Å². The average molecular weight is 315 g/mol. The topological polar surface area (TPSA) is 219 Å². The summed E-state index contributed by atoms with van der Waals surface area (Å²) in [6, 6.07) is -1.88. The average Bonchev–Trinajstić information content (AvgIpc) is 2.13. The summed E-state index contributed by atoms with van der Waals surface area (Å²) in [5.74, 6) is -4.12. The van der Waals surface area contributed by atoms with Crippen molar-refractivity contribution in [2.24, 2.45) is 11.5 Å². The third-order valence-corrected chi connectivity index (χ3v) is 1.03. The number of urea groups is 2. The first kappa shape index (κ1) is 21.4. The molecule has 2 unspecified atom stereocenters. The van der Waals surface area contributed by atoms with Crippen LogP contribution in [0.25, 0.3) is 0 Å².